The Labute approximate surface area is 246 Å². The molecular weight excluding hydrogens is 593 g/mol. The number of fused-ring (bicyclic) bond motifs is 1. The quantitative estimate of drug-likeness (QED) is 0.209. The lowest BCUT2D eigenvalue weighted by Crippen LogP contribution is -2.49. The van der Waals surface area contributed by atoms with Crippen LogP contribution in [-0.2, 0) is 23.4 Å². The summed E-state index contributed by atoms with van der Waals surface area (Å²) >= 11 is 5.98. The molecule has 0 radical (unpaired) electrons. The van der Waals surface area contributed by atoms with E-state index in [1.165, 1.54) is 69.4 Å². The second-order valence-corrected chi connectivity index (χ2v) is 13.0. The molecule has 0 spiro atoms. The molecule has 42 heavy (non-hydrogen) atoms. The highest BCUT2D eigenvalue weighted by Crippen LogP contribution is 2.48. The Morgan fingerprint density at radius 2 is 1.98 bits per heavy atom. The van der Waals surface area contributed by atoms with Gasteiger partial charge in [-0.15, -0.1) is 0 Å². The van der Waals surface area contributed by atoms with Crippen LogP contribution in [0.1, 0.15) is 46.3 Å². The summed E-state index contributed by atoms with van der Waals surface area (Å²) in [7, 11) is -2.90. The molecule has 0 amide bonds. The number of hydrogen-bond donors (Lipinski definition) is 3. The van der Waals surface area contributed by atoms with E-state index in [9.17, 15) is 19.6 Å². The van der Waals surface area contributed by atoms with Gasteiger partial charge in [0.25, 0.3) is 0 Å². The Morgan fingerprint density at radius 3 is 2.62 bits per heavy atom. The minimum atomic E-state index is -4.34. The summed E-state index contributed by atoms with van der Waals surface area (Å²) in [5.74, 6) is -0.253. The van der Waals surface area contributed by atoms with Gasteiger partial charge in [0.05, 0.1) is 20.0 Å². The van der Waals surface area contributed by atoms with Crippen molar-refractivity contribution < 1.29 is 42.8 Å². The predicted molar refractivity (Wildman–Crippen MR) is 149 cm³/mol. The van der Waals surface area contributed by atoms with Crippen LogP contribution in [0.3, 0.4) is 0 Å². The maximum Gasteiger partial charge on any atom is 0.459 e. The molecule has 1 aromatic carbocycles. The van der Waals surface area contributed by atoms with Crippen LogP contribution in [0.25, 0.3) is 11.2 Å². The summed E-state index contributed by atoms with van der Waals surface area (Å²) in [4.78, 5) is 25.4. The Hall–Kier alpha value is -2.84. The lowest BCUT2D eigenvalue weighted by Gasteiger charge is -2.33. The van der Waals surface area contributed by atoms with Crippen molar-refractivity contribution in [3.05, 3.63) is 41.9 Å². The second kappa shape index (κ2) is 11.7. The van der Waals surface area contributed by atoms with Gasteiger partial charge < -0.3 is 28.9 Å². The summed E-state index contributed by atoms with van der Waals surface area (Å²) in [6.07, 6.45) is 1.12. The lowest BCUT2D eigenvalue weighted by atomic mass is 9.96. The molecular formula is C26H33ClN5O9P. The maximum atomic E-state index is 14.1. The van der Waals surface area contributed by atoms with Crippen molar-refractivity contribution in [2.75, 3.05) is 13.7 Å². The molecule has 3 N–H and O–H groups in total. The number of aliphatic hydroxyl groups excluding tert-OH is 1. The van der Waals surface area contributed by atoms with Gasteiger partial charge in [-0.2, -0.15) is 10.1 Å². The van der Waals surface area contributed by atoms with Gasteiger partial charge >= 0.3 is 13.7 Å². The Balaban J connectivity index is 1.36. The van der Waals surface area contributed by atoms with Crippen LogP contribution in [-0.4, -0.2) is 78.9 Å². The molecule has 3 unspecified atom stereocenters. The van der Waals surface area contributed by atoms with Crippen LogP contribution >= 0.6 is 19.3 Å². The minimum absolute atomic E-state index is 0.148. The number of ether oxygens (including phenoxy) is 3. The molecule has 5 rings (SSSR count). The number of methoxy groups -OCH3 is 1. The number of imidazole rings is 1. The van der Waals surface area contributed by atoms with Gasteiger partial charge in [-0.25, -0.2) is 14.5 Å². The first-order valence-electron chi connectivity index (χ1n) is 13.3. The van der Waals surface area contributed by atoms with Crippen LogP contribution in [0, 0.1) is 0 Å². The zero-order valence-corrected chi connectivity index (χ0v) is 25.1. The minimum Gasteiger partial charge on any atom is -0.479 e. The third-order valence-corrected chi connectivity index (χ3v) is 9.25. The van der Waals surface area contributed by atoms with Gasteiger partial charge in [0.2, 0.25) is 5.88 Å². The zero-order valence-electron chi connectivity index (χ0n) is 23.5. The van der Waals surface area contributed by atoms with E-state index in [0.29, 0.717) is 16.2 Å². The fourth-order valence-electron chi connectivity index (χ4n) is 4.59. The molecule has 1 saturated carbocycles. The molecule has 1 aliphatic heterocycles. The van der Waals surface area contributed by atoms with Crippen LogP contribution in [0.15, 0.2) is 36.9 Å². The van der Waals surface area contributed by atoms with E-state index in [1.807, 2.05) is 0 Å². The summed E-state index contributed by atoms with van der Waals surface area (Å²) in [5, 5.41) is 25.4. The first kappa shape index (κ1) is 30.6. The zero-order chi connectivity index (χ0) is 30.3. The highest BCUT2D eigenvalue weighted by atomic mass is 35.5. The topological polar surface area (TPSA) is 176 Å². The van der Waals surface area contributed by atoms with Crippen LogP contribution in [0.4, 0.5) is 0 Å². The summed E-state index contributed by atoms with van der Waals surface area (Å²) in [5.41, 5.74) is -2.70. The van der Waals surface area contributed by atoms with E-state index in [-0.39, 0.29) is 17.7 Å². The average molecular weight is 626 g/mol. The van der Waals surface area contributed by atoms with Crippen molar-refractivity contribution in [3.8, 4) is 11.6 Å². The number of carbonyl (C=O) groups excluding carboxylic acids is 1. The number of aliphatic hydroxyl groups is 2. The fourth-order valence-corrected chi connectivity index (χ4v) is 6.40. The number of rotatable bonds is 11. The molecule has 0 bridgehead atoms. The van der Waals surface area contributed by atoms with Crippen LogP contribution in [0.5, 0.6) is 11.6 Å². The first-order chi connectivity index (χ1) is 19.8. The van der Waals surface area contributed by atoms with Gasteiger partial charge in [-0.1, -0.05) is 11.6 Å². The standard InChI is InChI=1S/C26H33ClN5O9P/c1-25(2,24(34)39-16-6-5-7-16)31-42(36,41-17-10-8-15(27)9-11-17)38-12-18-20(33)26(3,35)23(40-18)32-14-30-19-21(32)28-13-29-22(19)37-4/h8-11,13-14,16,18,20,23,33,35H,5-7,12H2,1-4H3,(H,31,36)/t18?,20-,23?,26-,42?/m1/s1. The average Bonchev–Trinajstić information content (AvgIpc) is 3.44. The molecule has 16 heteroatoms. The van der Waals surface area contributed by atoms with Gasteiger partial charge in [-0.3, -0.25) is 13.9 Å². The third kappa shape index (κ3) is 6.11. The molecule has 2 fully saturated rings. The van der Waals surface area contributed by atoms with Crippen molar-refractivity contribution in [2.45, 2.75) is 75.7 Å². The highest BCUT2D eigenvalue weighted by molar-refractivity contribution is 7.52. The molecule has 1 saturated heterocycles. The molecule has 14 nitrogen and oxygen atoms in total. The number of aromatic nitrogens is 4. The number of halogens is 1. The molecule has 228 valence electrons. The molecule has 2 aliphatic rings. The number of nitrogens with one attached hydrogen (secondary N) is 1. The van der Waals surface area contributed by atoms with E-state index in [1.54, 1.807) is 0 Å². The van der Waals surface area contributed by atoms with Crippen molar-refractivity contribution >= 4 is 36.5 Å². The van der Waals surface area contributed by atoms with Crippen LogP contribution < -0.4 is 14.3 Å². The van der Waals surface area contributed by atoms with Crippen molar-refractivity contribution in [2.24, 2.45) is 0 Å². The van der Waals surface area contributed by atoms with Gasteiger partial charge in [0, 0.05) is 5.02 Å². The van der Waals surface area contributed by atoms with Crippen molar-refractivity contribution in [1.82, 2.24) is 24.6 Å². The smallest absolute Gasteiger partial charge is 0.459 e. The predicted octanol–water partition coefficient (Wildman–Crippen LogP) is 3.17. The Kier molecular flexibility index (Phi) is 8.52. The number of esters is 1. The number of carbonyl (C=O) groups is 1. The van der Waals surface area contributed by atoms with E-state index < -0.39 is 49.9 Å². The Morgan fingerprint density at radius 1 is 1.26 bits per heavy atom. The van der Waals surface area contributed by atoms with Crippen LogP contribution in [0.2, 0.25) is 5.02 Å². The normalized spacial score (nSPS) is 26.0. The Bertz CT molecular complexity index is 1480. The molecule has 1 aliphatic carbocycles. The van der Waals surface area contributed by atoms with Gasteiger partial charge in [-0.05, 0) is 64.3 Å². The molecule has 3 heterocycles. The third-order valence-electron chi connectivity index (χ3n) is 7.23. The highest BCUT2D eigenvalue weighted by Gasteiger charge is 2.54. The van der Waals surface area contributed by atoms with Crippen molar-refractivity contribution in [3.63, 3.8) is 0 Å². The van der Waals surface area contributed by atoms with Crippen molar-refractivity contribution in [1.29, 1.82) is 0 Å². The summed E-state index contributed by atoms with van der Waals surface area (Å²) < 4.78 is 43.8. The fraction of sp³-hybridized carbons (Fsp3) is 0.538. The number of benzene rings is 1. The van der Waals surface area contributed by atoms with E-state index >= 15 is 0 Å². The van der Waals surface area contributed by atoms with Gasteiger partial charge in [0.1, 0.15) is 41.5 Å². The number of nitrogens with zero attached hydrogens (tertiary/aromatic N) is 4. The SMILES string of the molecule is COc1ncnc2c1ncn2C1OC(COP(=O)(NC(C)(C)C(=O)OC2CCC2)Oc2ccc(Cl)cc2)[C@@H](O)[C@@]1(C)O. The largest absolute Gasteiger partial charge is 0.479 e. The van der Waals surface area contributed by atoms with E-state index in [0.717, 1.165) is 19.3 Å². The maximum absolute atomic E-state index is 14.1. The van der Waals surface area contributed by atoms with E-state index in [4.69, 9.17) is 34.9 Å². The van der Waals surface area contributed by atoms with E-state index in [2.05, 4.69) is 20.0 Å². The van der Waals surface area contributed by atoms with Gasteiger partial charge in [0.15, 0.2) is 17.4 Å². The lowest BCUT2D eigenvalue weighted by molar-refractivity contribution is -0.159. The number of hydrogen-bond acceptors (Lipinski definition) is 12. The molecule has 2 aromatic heterocycles. The second-order valence-electron chi connectivity index (χ2n) is 10.9. The first-order valence-corrected chi connectivity index (χ1v) is 15.2. The summed E-state index contributed by atoms with van der Waals surface area (Å²) in [6.45, 7) is 3.88. The monoisotopic (exact) mass is 625 g/mol. The molecule has 3 aromatic rings. The summed E-state index contributed by atoms with van der Waals surface area (Å²) in [6, 6.07) is 6.05. The molecule has 5 atom stereocenters.